The zero-order valence-electron chi connectivity index (χ0n) is 14.4. The quantitative estimate of drug-likeness (QED) is 0.652. The Kier molecular flexibility index (Phi) is 5.02. The maximum absolute atomic E-state index is 12.9. The van der Waals surface area contributed by atoms with Crippen molar-refractivity contribution < 1.29 is 13.2 Å². The number of thiophene rings is 2. The minimum atomic E-state index is -3.79. The van der Waals surface area contributed by atoms with Gasteiger partial charge in [0, 0.05) is 22.8 Å². The number of sulfonamides is 1. The molecule has 1 saturated heterocycles. The zero-order valence-corrected chi connectivity index (χ0v) is 17.6. The molecule has 0 unspecified atom stereocenters. The van der Waals surface area contributed by atoms with Gasteiger partial charge in [0.05, 0.1) is 0 Å². The number of benzene rings is 1. The van der Waals surface area contributed by atoms with Crippen LogP contribution in [0.15, 0.2) is 39.2 Å². The third-order valence-corrected chi connectivity index (χ3v) is 8.98. The van der Waals surface area contributed by atoms with Gasteiger partial charge in [-0.2, -0.15) is 16.1 Å². The molecule has 9 heteroatoms. The van der Waals surface area contributed by atoms with Crippen LogP contribution in [0.2, 0.25) is 5.02 Å². The first kappa shape index (κ1) is 18.9. The van der Waals surface area contributed by atoms with Crippen LogP contribution in [0, 0.1) is 6.92 Å². The van der Waals surface area contributed by atoms with E-state index in [-0.39, 0.29) is 10.1 Å². The highest BCUT2D eigenvalue weighted by Gasteiger charge is 2.36. The zero-order chi connectivity index (χ0) is 19.2. The molecule has 3 aromatic rings. The van der Waals surface area contributed by atoms with Crippen molar-refractivity contribution in [1.82, 2.24) is 9.62 Å². The molecule has 0 bridgehead atoms. The lowest BCUT2D eigenvalue weighted by molar-refractivity contribution is -0.129. The lowest BCUT2D eigenvalue weighted by atomic mass is 10.2. The van der Waals surface area contributed by atoms with E-state index in [1.54, 1.807) is 35.3 Å². The highest BCUT2D eigenvalue weighted by atomic mass is 35.5. The van der Waals surface area contributed by atoms with E-state index in [1.165, 1.54) is 11.3 Å². The number of carbonyl (C=O) groups excluding carboxylic acids is 1. The predicted octanol–water partition coefficient (Wildman–Crippen LogP) is 4.00. The molecule has 1 atom stereocenters. The number of aryl methyl sites for hydroxylation is 1. The number of carbonyl (C=O) groups is 1. The lowest BCUT2D eigenvalue weighted by Gasteiger charge is -2.16. The van der Waals surface area contributed by atoms with Gasteiger partial charge in [-0.1, -0.05) is 11.6 Å². The second kappa shape index (κ2) is 7.18. The summed E-state index contributed by atoms with van der Waals surface area (Å²) < 4.78 is 29.6. The van der Waals surface area contributed by atoms with Gasteiger partial charge in [0.25, 0.3) is 10.0 Å². The fourth-order valence-electron chi connectivity index (χ4n) is 3.28. The standard InChI is InChI=1S/C18H17ClN2O3S3/c1-11-14-8-13(19)2-3-16(14)26-18(11)27(23,24)20-15-4-6-21(17(15)22)9-12-5-7-25-10-12/h2-3,5,7-8,10,15,20H,4,6,9H2,1H3/t15-/m0/s1. The third kappa shape index (κ3) is 3.64. The summed E-state index contributed by atoms with van der Waals surface area (Å²) in [5, 5.41) is 5.35. The molecular formula is C18H17ClN2O3S3. The number of hydrogen-bond donors (Lipinski definition) is 1. The first-order chi connectivity index (χ1) is 12.8. The monoisotopic (exact) mass is 440 g/mol. The van der Waals surface area contributed by atoms with Crippen LogP contribution in [0.1, 0.15) is 17.5 Å². The number of nitrogens with one attached hydrogen (secondary N) is 1. The Balaban J connectivity index is 1.55. The fourth-order valence-corrected chi connectivity index (χ4v) is 7.09. The minimum Gasteiger partial charge on any atom is -0.337 e. The van der Waals surface area contributed by atoms with Gasteiger partial charge in [-0.15, -0.1) is 11.3 Å². The maximum atomic E-state index is 12.9. The minimum absolute atomic E-state index is 0.174. The molecule has 0 spiro atoms. The number of fused-ring (bicyclic) bond motifs is 1. The van der Waals surface area contributed by atoms with E-state index in [2.05, 4.69) is 4.72 Å². The molecule has 4 rings (SSSR count). The van der Waals surface area contributed by atoms with E-state index >= 15 is 0 Å². The number of amides is 1. The molecule has 1 aliphatic rings. The molecule has 142 valence electrons. The van der Waals surface area contributed by atoms with Crippen molar-refractivity contribution in [2.45, 2.75) is 30.1 Å². The Morgan fingerprint density at radius 2 is 2.15 bits per heavy atom. The topological polar surface area (TPSA) is 66.5 Å². The van der Waals surface area contributed by atoms with Gasteiger partial charge in [-0.05, 0) is 64.9 Å². The van der Waals surface area contributed by atoms with Gasteiger partial charge in [0.2, 0.25) is 5.91 Å². The highest BCUT2D eigenvalue weighted by Crippen LogP contribution is 2.35. The van der Waals surface area contributed by atoms with E-state index in [0.717, 1.165) is 15.6 Å². The first-order valence-corrected chi connectivity index (χ1v) is 12.0. The molecule has 1 N–H and O–H groups in total. The van der Waals surface area contributed by atoms with Crippen LogP contribution < -0.4 is 4.72 Å². The second-order valence-electron chi connectivity index (χ2n) is 6.51. The molecule has 27 heavy (non-hydrogen) atoms. The van der Waals surface area contributed by atoms with Crippen molar-refractivity contribution in [2.24, 2.45) is 0 Å². The van der Waals surface area contributed by atoms with E-state index in [9.17, 15) is 13.2 Å². The van der Waals surface area contributed by atoms with Gasteiger partial charge < -0.3 is 4.90 Å². The second-order valence-corrected chi connectivity index (χ2v) is 10.7. The van der Waals surface area contributed by atoms with Crippen LogP contribution in [-0.4, -0.2) is 31.8 Å². The lowest BCUT2D eigenvalue weighted by Crippen LogP contribution is -2.41. The van der Waals surface area contributed by atoms with Gasteiger partial charge in [0.15, 0.2) is 0 Å². The Hall–Kier alpha value is -1.45. The third-order valence-electron chi connectivity index (χ3n) is 4.65. The molecule has 0 aliphatic carbocycles. The number of likely N-dealkylation sites (tertiary alicyclic amines) is 1. The van der Waals surface area contributed by atoms with Crippen LogP contribution >= 0.6 is 34.3 Å². The highest BCUT2D eigenvalue weighted by molar-refractivity contribution is 7.91. The summed E-state index contributed by atoms with van der Waals surface area (Å²) in [5.74, 6) is -0.174. The summed E-state index contributed by atoms with van der Waals surface area (Å²) in [7, 11) is -3.79. The smallest absolute Gasteiger partial charge is 0.251 e. The summed E-state index contributed by atoms with van der Waals surface area (Å²) in [6.45, 7) is 2.83. The normalized spacial score (nSPS) is 17.9. The Labute approximate surface area is 170 Å². The predicted molar refractivity (Wildman–Crippen MR) is 110 cm³/mol. The molecule has 3 heterocycles. The van der Waals surface area contributed by atoms with Crippen molar-refractivity contribution in [2.75, 3.05) is 6.54 Å². The van der Waals surface area contributed by atoms with Gasteiger partial charge in [-0.25, -0.2) is 8.42 Å². The molecule has 1 aromatic carbocycles. The number of rotatable bonds is 5. The number of nitrogens with zero attached hydrogens (tertiary/aromatic N) is 1. The number of halogens is 1. The van der Waals surface area contributed by atoms with Crippen LogP contribution in [0.5, 0.6) is 0 Å². The van der Waals surface area contributed by atoms with E-state index < -0.39 is 16.1 Å². The molecule has 0 radical (unpaired) electrons. The number of hydrogen-bond acceptors (Lipinski definition) is 5. The Morgan fingerprint density at radius 3 is 2.89 bits per heavy atom. The summed E-state index contributed by atoms with van der Waals surface area (Å²) in [6, 6.07) is 6.58. The largest absolute Gasteiger partial charge is 0.337 e. The van der Waals surface area contributed by atoms with Gasteiger partial charge in [-0.3, -0.25) is 4.79 Å². The van der Waals surface area contributed by atoms with Crippen LogP contribution in [-0.2, 0) is 21.4 Å². The van der Waals surface area contributed by atoms with E-state index in [4.69, 9.17) is 11.6 Å². The summed E-state index contributed by atoms with van der Waals surface area (Å²) in [5.41, 5.74) is 1.72. The van der Waals surface area contributed by atoms with Gasteiger partial charge in [0.1, 0.15) is 10.3 Å². The Bertz CT molecular complexity index is 1110. The molecular weight excluding hydrogens is 424 g/mol. The first-order valence-electron chi connectivity index (χ1n) is 8.36. The van der Waals surface area contributed by atoms with Crippen molar-refractivity contribution in [1.29, 1.82) is 0 Å². The van der Waals surface area contributed by atoms with Crippen molar-refractivity contribution in [3.05, 3.63) is 51.2 Å². The summed E-state index contributed by atoms with van der Waals surface area (Å²) >= 11 is 8.81. The van der Waals surface area contributed by atoms with Crippen molar-refractivity contribution >= 4 is 60.3 Å². The fraction of sp³-hybridized carbons (Fsp3) is 0.278. The van der Waals surface area contributed by atoms with Gasteiger partial charge >= 0.3 is 0 Å². The molecule has 5 nitrogen and oxygen atoms in total. The van der Waals surface area contributed by atoms with Crippen molar-refractivity contribution in [3.8, 4) is 0 Å². The molecule has 2 aromatic heterocycles. The molecule has 1 fully saturated rings. The molecule has 1 amide bonds. The average Bonchev–Trinajstić information content (AvgIpc) is 3.32. The van der Waals surface area contributed by atoms with Crippen LogP contribution in [0.4, 0.5) is 0 Å². The van der Waals surface area contributed by atoms with Crippen molar-refractivity contribution in [3.63, 3.8) is 0 Å². The van der Waals surface area contributed by atoms with E-state index in [1.807, 2.05) is 22.9 Å². The van der Waals surface area contributed by atoms with Crippen LogP contribution in [0.25, 0.3) is 10.1 Å². The average molecular weight is 441 g/mol. The molecule has 0 saturated carbocycles. The SMILES string of the molecule is Cc1c(S(=O)(=O)N[C@H]2CCN(Cc3ccsc3)C2=O)sc2ccc(Cl)cc12. The van der Waals surface area contributed by atoms with Crippen LogP contribution in [0.3, 0.4) is 0 Å². The Morgan fingerprint density at radius 1 is 1.33 bits per heavy atom. The summed E-state index contributed by atoms with van der Waals surface area (Å²) in [6.07, 6.45) is 0.470. The molecule has 1 aliphatic heterocycles. The maximum Gasteiger partial charge on any atom is 0.251 e. The van der Waals surface area contributed by atoms with E-state index in [0.29, 0.717) is 30.1 Å². The summed E-state index contributed by atoms with van der Waals surface area (Å²) in [4.78, 5) is 14.3.